The second kappa shape index (κ2) is 12.7. The summed E-state index contributed by atoms with van der Waals surface area (Å²) in [5, 5.41) is 3.56. The second-order valence-corrected chi connectivity index (χ2v) is 7.83. The Morgan fingerprint density at radius 2 is 1.70 bits per heavy atom. The topological polar surface area (TPSA) is 15.3 Å². The zero-order valence-electron chi connectivity index (χ0n) is 17.4. The fourth-order valence-corrected chi connectivity index (χ4v) is 3.53. The van der Waals surface area contributed by atoms with Gasteiger partial charge >= 0.3 is 0 Å². The van der Waals surface area contributed by atoms with Crippen LogP contribution in [0.1, 0.15) is 57.1 Å². The molecule has 0 amide bonds. The first kappa shape index (κ1) is 21.7. The standard InChI is InChI=1S/C19H30N2.C6H8/c1-4-11-20-14-17-9-12-21(13-10-17)15-18-5-7-19(8-6-18)16(2)3;1-2-4-6-5-3-1/h5-8,17,20H,2,4,9-15H2,1,3H3;1-4H,5-6H2. The molecule has 1 aromatic rings. The Kier molecular flexibility index (Phi) is 10.2. The molecule has 27 heavy (non-hydrogen) atoms. The minimum absolute atomic E-state index is 0.874. The first-order chi connectivity index (χ1) is 13.2. The monoisotopic (exact) mass is 366 g/mol. The Morgan fingerprint density at radius 1 is 1.07 bits per heavy atom. The highest BCUT2D eigenvalue weighted by atomic mass is 15.1. The zero-order valence-corrected chi connectivity index (χ0v) is 17.4. The van der Waals surface area contributed by atoms with Crippen molar-refractivity contribution < 1.29 is 0 Å². The summed E-state index contributed by atoms with van der Waals surface area (Å²) in [6, 6.07) is 8.88. The maximum atomic E-state index is 3.99. The smallest absolute Gasteiger partial charge is 0.0233 e. The minimum Gasteiger partial charge on any atom is -0.316 e. The SMILES string of the molecule is C1=CCCC=C1.C=C(C)c1ccc(CN2CCC(CNCCC)CC2)cc1. The van der Waals surface area contributed by atoms with Crippen LogP contribution in [0.15, 0.2) is 55.1 Å². The van der Waals surface area contributed by atoms with Crippen LogP contribution in [0.5, 0.6) is 0 Å². The van der Waals surface area contributed by atoms with Crippen LogP contribution in [-0.2, 0) is 6.54 Å². The van der Waals surface area contributed by atoms with Crippen LogP contribution in [0.25, 0.3) is 5.57 Å². The van der Waals surface area contributed by atoms with Gasteiger partial charge in [-0.2, -0.15) is 0 Å². The van der Waals surface area contributed by atoms with E-state index in [9.17, 15) is 0 Å². The number of hydrogen-bond acceptors (Lipinski definition) is 2. The van der Waals surface area contributed by atoms with Crippen molar-refractivity contribution in [3.05, 3.63) is 66.3 Å². The molecule has 2 aliphatic rings. The van der Waals surface area contributed by atoms with Gasteiger partial charge in [0, 0.05) is 6.54 Å². The van der Waals surface area contributed by atoms with Crippen molar-refractivity contribution in [2.24, 2.45) is 5.92 Å². The molecule has 0 aromatic heterocycles. The zero-order chi connectivity index (χ0) is 19.3. The molecule has 1 saturated heterocycles. The van der Waals surface area contributed by atoms with Crippen LogP contribution in [0.2, 0.25) is 0 Å². The molecule has 1 aliphatic heterocycles. The molecule has 3 rings (SSSR count). The van der Waals surface area contributed by atoms with Crippen molar-refractivity contribution in [1.82, 2.24) is 10.2 Å². The summed E-state index contributed by atoms with van der Waals surface area (Å²) in [5.74, 6) is 0.874. The summed E-state index contributed by atoms with van der Waals surface area (Å²) in [7, 11) is 0. The Labute approximate surface area is 167 Å². The van der Waals surface area contributed by atoms with Crippen molar-refractivity contribution in [2.45, 2.75) is 52.5 Å². The Bertz CT molecular complexity index is 577. The van der Waals surface area contributed by atoms with E-state index in [1.165, 1.54) is 62.9 Å². The van der Waals surface area contributed by atoms with Crippen LogP contribution in [0.3, 0.4) is 0 Å². The number of nitrogens with one attached hydrogen (secondary N) is 1. The number of likely N-dealkylation sites (tertiary alicyclic amines) is 1. The highest BCUT2D eigenvalue weighted by molar-refractivity contribution is 5.61. The molecule has 2 heteroatoms. The normalized spacial score (nSPS) is 17.4. The molecule has 1 N–H and O–H groups in total. The molecule has 0 bridgehead atoms. The van der Waals surface area contributed by atoms with Crippen LogP contribution < -0.4 is 5.32 Å². The molecule has 1 heterocycles. The van der Waals surface area contributed by atoms with Crippen molar-refractivity contribution in [1.29, 1.82) is 0 Å². The highest BCUT2D eigenvalue weighted by Crippen LogP contribution is 2.19. The fraction of sp³-hybridized carbons (Fsp3) is 0.520. The van der Waals surface area contributed by atoms with E-state index in [2.05, 4.69) is 79.2 Å². The lowest BCUT2D eigenvalue weighted by Gasteiger charge is -2.32. The molecule has 0 unspecified atom stereocenters. The van der Waals surface area contributed by atoms with E-state index in [4.69, 9.17) is 0 Å². The summed E-state index contributed by atoms with van der Waals surface area (Å²) in [6.45, 7) is 14.2. The third-order valence-corrected chi connectivity index (χ3v) is 5.30. The first-order valence-corrected chi connectivity index (χ1v) is 10.7. The van der Waals surface area contributed by atoms with Gasteiger partial charge in [0.25, 0.3) is 0 Å². The molecular weight excluding hydrogens is 328 g/mol. The maximum Gasteiger partial charge on any atom is 0.0233 e. The van der Waals surface area contributed by atoms with E-state index in [-0.39, 0.29) is 0 Å². The van der Waals surface area contributed by atoms with Gasteiger partial charge in [-0.25, -0.2) is 0 Å². The van der Waals surface area contributed by atoms with Gasteiger partial charge in [-0.05, 0) is 82.3 Å². The average molecular weight is 367 g/mol. The van der Waals surface area contributed by atoms with Crippen molar-refractivity contribution >= 4 is 5.57 Å². The molecule has 0 spiro atoms. The summed E-state index contributed by atoms with van der Waals surface area (Å²) >= 11 is 0. The van der Waals surface area contributed by atoms with Gasteiger partial charge in [-0.15, -0.1) is 0 Å². The third-order valence-electron chi connectivity index (χ3n) is 5.30. The Hall–Kier alpha value is -1.64. The predicted octanol–water partition coefficient (Wildman–Crippen LogP) is 5.82. The number of benzene rings is 1. The summed E-state index contributed by atoms with van der Waals surface area (Å²) < 4.78 is 0. The molecule has 148 valence electrons. The molecule has 1 fully saturated rings. The van der Waals surface area contributed by atoms with Gasteiger partial charge in [0.2, 0.25) is 0 Å². The van der Waals surface area contributed by atoms with Crippen molar-refractivity contribution in [3.8, 4) is 0 Å². The Morgan fingerprint density at radius 3 is 2.19 bits per heavy atom. The summed E-state index contributed by atoms with van der Waals surface area (Å²) in [6.07, 6.45) is 14.9. The highest BCUT2D eigenvalue weighted by Gasteiger charge is 2.18. The van der Waals surface area contributed by atoms with E-state index in [1.807, 2.05) is 0 Å². The van der Waals surface area contributed by atoms with E-state index in [1.54, 1.807) is 0 Å². The van der Waals surface area contributed by atoms with Crippen LogP contribution in [0.4, 0.5) is 0 Å². The molecule has 1 aliphatic carbocycles. The van der Waals surface area contributed by atoms with Gasteiger partial charge in [0.1, 0.15) is 0 Å². The Balaban J connectivity index is 0.000000369. The molecule has 2 nitrogen and oxygen atoms in total. The van der Waals surface area contributed by atoms with Gasteiger partial charge in [-0.1, -0.05) is 67.6 Å². The lowest BCUT2D eigenvalue weighted by molar-refractivity contribution is 0.175. The first-order valence-electron chi connectivity index (χ1n) is 10.7. The van der Waals surface area contributed by atoms with E-state index < -0.39 is 0 Å². The number of allylic oxidation sites excluding steroid dienone is 5. The van der Waals surface area contributed by atoms with Crippen molar-refractivity contribution in [3.63, 3.8) is 0 Å². The largest absolute Gasteiger partial charge is 0.316 e. The number of hydrogen-bond donors (Lipinski definition) is 1. The molecular formula is C25H38N2. The fourth-order valence-electron chi connectivity index (χ4n) is 3.53. The average Bonchev–Trinajstić information content (AvgIpc) is 2.72. The minimum atomic E-state index is 0.874. The lowest BCUT2D eigenvalue weighted by atomic mass is 9.96. The second-order valence-electron chi connectivity index (χ2n) is 7.83. The molecule has 0 saturated carbocycles. The van der Waals surface area contributed by atoms with Gasteiger partial charge in [0.15, 0.2) is 0 Å². The van der Waals surface area contributed by atoms with E-state index in [0.717, 1.165) is 24.6 Å². The third kappa shape index (κ3) is 8.73. The predicted molar refractivity (Wildman–Crippen MR) is 120 cm³/mol. The van der Waals surface area contributed by atoms with Crippen molar-refractivity contribution in [2.75, 3.05) is 26.2 Å². The van der Waals surface area contributed by atoms with E-state index in [0.29, 0.717) is 0 Å². The molecule has 0 atom stereocenters. The van der Waals surface area contributed by atoms with Crippen LogP contribution in [-0.4, -0.2) is 31.1 Å². The van der Waals surface area contributed by atoms with Crippen LogP contribution in [0, 0.1) is 5.92 Å². The van der Waals surface area contributed by atoms with E-state index >= 15 is 0 Å². The lowest BCUT2D eigenvalue weighted by Crippen LogP contribution is -2.37. The molecule has 0 radical (unpaired) electrons. The summed E-state index contributed by atoms with van der Waals surface area (Å²) in [5.41, 5.74) is 3.81. The quantitative estimate of drug-likeness (QED) is 0.611. The molecule has 1 aromatic carbocycles. The summed E-state index contributed by atoms with van der Waals surface area (Å²) in [4.78, 5) is 2.59. The number of nitrogens with zero attached hydrogens (tertiary/aromatic N) is 1. The van der Waals surface area contributed by atoms with Gasteiger partial charge < -0.3 is 5.32 Å². The van der Waals surface area contributed by atoms with Gasteiger partial charge in [0.05, 0.1) is 0 Å². The maximum absolute atomic E-state index is 3.99. The van der Waals surface area contributed by atoms with Crippen LogP contribution >= 0.6 is 0 Å². The van der Waals surface area contributed by atoms with Gasteiger partial charge in [-0.3, -0.25) is 4.90 Å². The number of rotatable bonds is 7. The number of piperidine rings is 1.